The average molecular weight is 467 g/mol. The van der Waals surface area contributed by atoms with Crippen LogP contribution in [0, 0.1) is 5.92 Å². The third-order valence-electron chi connectivity index (χ3n) is 5.01. The highest BCUT2D eigenvalue weighted by molar-refractivity contribution is 8.00. The fourth-order valence-electron chi connectivity index (χ4n) is 3.62. The first-order chi connectivity index (χ1) is 14.8. The number of carbonyl (C=O) groups is 4. The number of nitrogens with one attached hydrogen (secondary N) is 1. The van der Waals surface area contributed by atoms with Crippen LogP contribution in [0.5, 0.6) is 0 Å². The lowest BCUT2D eigenvalue weighted by molar-refractivity contribution is -0.150. The number of nitrogens with two attached hydrogens (primary N) is 1. The van der Waals surface area contributed by atoms with E-state index in [4.69, 9.17) is 15.3 Å². The zero-order chi connectivity index (χ0) is 22.3. The third-order valence-corrected chi connectivity index (χ3v) is 6.98. The Labute approximate surface area is 183 Å². The number of thiazole rings is 1. The number of carboxylic acid groups (broad SMARTS) is 1. The van der Waals surface area contributed by atoms with Gasteiger partial charge in [-0.15, -0.1) is 23.1 Å². The summed E-state index contributed by atoms with van der Waals surface area (Å²) in [6, 6.07) is -0.970. The highest BCUT2D eigenvalue weighted by Gasteiger charge is 2.55. The summed E-state index contributed by atoms with van der Waals surface area (Å²) in [7, 11) is 1.26. The second kappa shape index (κ2) is 8.19. The van der Waals surface area contributed by atoms with Gasteiger partial charge in [-0.25, -0.2) is 9.78 Å². The number of fused-ring (bicyclic) bond motifs is 1. The maximum atomic E-state index is 12.8. The summed E-state index contributed by atoms with van der Waals surface area (Å²) in [5.41, 5.74) is 5.76. The number of thioether (sulfide) groups is 1. The fourth-order valence-corrected chi connectivity index (χ4v) is 5.59. The number of nitrogens with zero attached hydrogens (tertiary/aromatic N) is 3. The summed E-state index contributed by atoms with van der Waals surface area (Å²) in [6.45, 7) is 0.212. The molecule has 4 N–H and O–H groups in total. The molecule has 4 rings (SSSR count). The lowest BCUT2D eigenvalue weighted by atomic mass is 9.93. The van der Waals surface area contributed by atoms with Crippen molar-refractivity contribution < 1.29 is 33.9 Å². The highest BCUT2D eigenvalue weighted by atomic mass is 32.2. The Morgan fingerprint density at radius 1 is 1.45 bits per heavy atom. The summed E-state index contributed by atoms with van der Waals surface area (Å²) in [4.78, 5) is 59.2. The molecule has 14 heteroatoms. The van der Waals surface area contributed by atoms with Crippen LogP contribution in [-0.2, 0) is 28.8 Å². The molecule has 3 atom stereocenters. The van der Waals surface area contributed by atoms with Crippen molar-refractivity contribution in [1.29, 1.82) is 0 Å². The number of hydrogen-bond acceptors (Lipinski definition) is 11. The number of carbonyl (C=O) groups excluding carboxylic acids is 3. The molecule has 1 aromatic rings. The van der Waals surface area contributed by atoms with Crippen molar-refractivity contribution >= 4 is 57.7 Å². The zero-order valence-electron chi connectivity index (χ0n) is 16.1. The SMILES string of the molecule is CON=C(C(=O)N[C@@H]1C(=O)N2C(C(=O)O)=C(C3CCOC3=O)CS[C@H]12)c1csc(N)n1. The minimum absolute atomic E-state index is 0.161. The smallest absolute Gasteiger partial charge is 0.352 e. The number of β-lactam (4-membered cyclic amide) rings is 1. The molecule has 3 aliphatic rings. The molecule has 0 spiro atoms. The summed E-state index contributed by atoms with van der Waals surface area (Å²) in [5.74, 6) is -3.56. The number of amides is 2. The molecule has 2 amide bonds. The largest absolute Gasteiger partial charge is 0.477 e. The maximum absolute atomic E-state index is 12.8. The van der Waals surface area contributed by atoms with Crippen molar-refractivity contribution in [3.05, 3.63) is 22.3 Å². The molecule has 0 aromatic carbocycles. The molecule has 2 fully saturated rings. The first kappa shape index (κ1) is 21.1. The number of carboxylic acids is 1. The predicted octanol–water partition coefficient (Wildman–Crippen LogP) is -0.622. The number of cyclic esters (lactones) is 1. The lowest BCUT2D eigenvalue weighted by Gasteiger charge is -2.49. The number of nitrogen functional groups attached to an aromatic ring is 1. The minimum Gasteiger partial charge on any atom is -0.477 e. The summed E-state index contributed by atoms with van der Waals surface area (Å²) < 4.78 is 4.95. The van der Waals surface area contributed by atoms with Gasteiger partial charge in [0.1, 0.15) is 29.9 Å². The van der Waals surface area contributed by atoms with Gasteiger partial charge in [0.2, 0.25) is 0 Å². The van der Waals surface area contributed by atoms with Gasteiger partial charge in [0.25, 0.3) is 11.8 Å². The highest BCUT2D eigenvalue weighted by Crippen LogP contribution is 2.43. The van der Waals surface area contributed by atoms with Gasteiger partial charge in [0.15, 0.2) is 10.8 Å². The predicted molar refractivity (Wildman–Crippen MR) is 109 cm³/mol. The molecule has 0 saturated carbocycles. The van der Waals surface area contributed by atoms with E-state index in [1.54, 1.807) is 0 Å². The fraction of sp³-hybridized carbons (Fsp3) is 0.412. The van der Waals surface area contributed by atoms with E-state index in [1.165, 1.54) is 24.3 Å². The molecule has 2 saturated heterocycles. The number of aliphatic carboxylic acids is 1. The Morgan fingerprint density at radius 3 is 2.81 bits per heavy atom. The van der Waals surface area contributed by atoms with Crippen LogP contribution in [0.15, 0.2) is 21.8 Å². The van der Waals surface area contributed by atoms with E-state index in [1.807, 2.05) is 0 Å². The van der Waals surface area contributed by atoms with Crippen LogP contribution in [0.1, 0.15) is 12.1 Å². The molecule has 1 unspecified atom stereocenters. The zero-order valence-corrected chi connectivity index (χ0v) is 17.7. The first-order valence-corrected chi connectivity index (χ1v) is 11.0. The van der Waals surface area contributed by atoms with Gasteiger partial charge < -0.3 is 25.7 Å². The molecule has 3 aliphatic heterocycles. The van der Waals surface area contributed by atoms with Crippen LogP contribution in [0.25, 0.3) is 0 Å². The van der Waals surface area contributed by atoms with Gasteiger partial charge in [-0.05, 0) is 12.0 Å². The molecule has 1 aromatic heterocycles. The Balaban J connectivity index is 1.55. The molecule has 31 heavy (non-hydrogen) atoms. The monoisotopic (exact) mass is 467 g/mol. The molecule has 0 bridgehead atoms. The van der Waals surface area contributed by atoms with Gasteiger partial charge in [0, 0.05) is 11.1 Å². The van der Waals surface area contributed by atoms with Gasteiger partial charge in [-0.2, -0.15) is 0 Å². The van der Waals surface area contributed by atoms with Crippen molar-refractivity contribution in [3.63, 3.8) is 0 Å². The molecule has 164 valence electrons. The maximum Gasteiger partial charge on any atom is 0.352 e. The Bertz CT molecular complexity index is 1040. The number of hydrogen-bond donors (Lipinski definition) is 3. The van der Waals surface area contributed by atoms with Gasteiger partial charge >= 0.3 is 11.9 Å². The van der Waals surface area contributed by atoms with E-state index in [9.17, 15) is 24.3 Å². The minimum atomic E-state index is -1.31. The standard InChI is InChI=1S/C17H17N5O7S2/c1-28-21-9(8-5-31-17(18)19-8)12(23)20-10-13(24)22-11(15(25)26)7(4-30-14(10)22)6-2-3-29-16(6)27/h5-6,10,14H,2-4H2,1H3,(H2,18,19)(H,20,23)(H,25,26)/t6?,10-,14-/m1/s1. The quantitative estimate of drug-likeness (QED) is 0.212. The topological polar surface area (TPSA) is 174 Å². The number of rotatable bonds is 6. The van der Waals surface area contributed by atoms with Gasteiger partial charge in [-0.3, -0.25) is 19.3 Å². The van der Waals surface area contributed by atoms with E-state index in [0.29, 0.717) is 12.0 Å². The third kappa shape index (κ3) is 3.61. The molecule has 0 aliphatic carbocycles. The summed E-state index contributed by atoms with van der Waals surface area (Å²) in [5, 5.41) is 17.1. The number of esters is 1. The van der Waals surface area contributed by atoms with Crippen LogP contribution in [0.3, 0.4) is 0 Å². The van der Waals surface area contributed by atoms with Crippen molar-refractivity contribution in [2.75, 3.05) is 25.2 Å². The molecule has 0 radical (unpaired) electrons. The Hall–Kier alpha value is -3.13. The number of ether oxygens (including phenoxy) is 1. The molecule has 12 nitrogen and oxygen atoms in total. The van der Waals surface area contributed by atoms with Crippen LogP contribution < -0.4 is 11.1 Å². The second-order valence-electron chi connectivity index (χ2n) is 6.74. The Kier molecular flexibility index (Phi) is 5.58. The normalized spacial score (nSPS) is 25.6. The number of aromatic nitrogens is 1. The van der Waals surface area contributed by atoms with Crippen molar-refractivity contribution in [1.82, 2.24) is 15.2 Å². The number of oxime groups is 1. The van der Waals surface area contributed by atoms with Crippen molar-refractivity contribution in [2.24, 2.45) is 11.1 Å². The van der Waals surface area contributed by atoms with Crippen molar-refractivity contribution in [3.8, 4) is 0 Å². The van der Waals surface area contributed by atoms with Gasteiger partial charge in [-0.1, -0.05) is 5.16 Å². The lowest BCUT2D eigenvalue weighted by Crippen LogP contribution is -2.71. The Morgan fingerprint density at radius 2 is 2.23 bits per heavy atom. The number of anilines is 1. The first-order valence-electron chi connectivity index (χ1n) is 9.04. The van der Waals surface area contributed by atoms with Crippen LogP contribution in [-0.4, -0.2) is 75.3 Å². The van der Waals surface area contributed by atoms with Crippen LogP contribution >= 0.6 is 23.1 Å². The van der Waals surface area contributed by atoms with E-state index in [2.05, 4.69) is 15.5 Å². The molecular weight excluding hydrogens is 450 g/mol. The summed E-state index contributed by atoms with van der Waals surface area (Å²) >= 11 is 2.38. The van der Waals surface area contributed by atoms with E-state index < -0.39 is 41.1 Å². The van der Waals surface area contributed by atoms with Gasteiger partial charge in [0.05, 0.1) is 12.5 Å². The van der Waals surface area contributed by atoms with Crippen LogP contribution in [0.2, 0.25) is 0 Å². The molecular formula is C17H17N5O7S2. The van der Waals surface area contributed by atoms with Crippen molar-refractivity contribution in [2.45, 2.75) is 17.8 Å². The van der Waals surface area contributed by atoms with E-state index in [-0.39, 0.29) is 34.6 Å². The van der Waals surface area contributed by atoms with Crippen LogP contribution in [0.4, 0.5) is 5.13 Å². The van der Waals surface area contributed by atoms with E-state index >= 15 is 0 Å². The molecule has 4 heterocycles. The van der Waals surface area contributed by atoms with E-state index in [0.717, 1.165) is 16.2 Å². The average Bonchev–Trinajstić information content (AvgIpc) is 3.36. The second-order valence-corrected chi connectivity index (χ2v) is 8.74. The summed E-state index contributed by atoms with van der Waals surface area (Å²) in [6.07, 6.45) is 0.367.